The zero-order chi connectivity index (χ0) is 21.1. The van der Waals surface area contributed by atoms with E-state index >= 15 is 0 Å². The summed E-state index contributed by atoms with van der Waals surface area (Å²) >= 11 is 6.89. The molecule has 0 spiro atoms. The number of carbonyl (C=O) groups is 2. The minimum absolute atomic E-state index is 0.0390. The molecule has 0 aliphatic heterocycles. The summed E-state index contributed by atoms with van der Waals surface area (Å²) in [5, 5.41) is 0.308. The Kier molecular flexibility index (Phi) is 6.50. The molecule has 0 aliphatic carbocycles. The lowest BCUT2D eigenvalue weighted by molar-refractivity contribution is -0.141. The Bertz CT molecular complexity index is 856. The van der Waals surface area contributed by atoms with Gasteiger partial charge in [0, 0.05) is 6.20 Å². The Morgan fingerprint density at radius 3 is 2.57 bits per heavy atom. The van der Waals surface area contributed by atoms with E-state index in [9.17, 15) is 22.8 Å². The van der Waals surface area contributed by atoms with Crippen molar-refractivity contribution in [2.24, 2.45) is 5.73 Å². The van der Waals surface area contributed by atoms with Crippen molar-refractivity contribution in [3.63, 3.8) is 0 Å². The predicted molar refractivity (Wildman–Crippen MR) is 94.2 cm³/mol. The van der Waals surface area contributed by atoms with Gasteiger partial charge in [0.15, 0.2) is 5.15 Å². The Hall–Kier alpha value is -2.40. The molecule has 2 aromatic rings. The summed E-state index contributed by atoms with van der Waals surface area (Å²) in [5.41, 5.74) is 3.33. The van der Waals surface area contributed by atoms with E-state index in [0.717, 1.165) is 23.6 Å². The number of nitrogens with zero attached hydrogens (tertiary/aromatic N) is 2. The van der Waals surface area contributed by atoms with Crippen LogP contribution in [0.4, 0.5) is 18.0 Å². The van der Waals surface area contributed by atoms with E-state index in [0.29, 0.717) is 10.6 Å². The van der Waals surface area contributed by atoms with Crippen molar-refractivity contribution in [3.05, 3.63) is 39.7 Å². The molecular weight excluding hydrogens is 423 g/mol. The third-order valence-electron chi connectivity index (χ3n) is 3.79. The summed E-state index contributed by atoms with van der Waals surface area (Å²) in [6.07, 6.45) is -4.41. The maximum absolute atomic E-state index is 12.7. The van der Waals surface area contributed by atoms with Crippen LogP contribution in [-0.4, -0.2) is 28.1 Å². The Balaban J connectivity index is 2.40. The molecule has 0 radical (unpaired) electrons. The molecule has 1 unspecified atom stereocenters. The minimum Gasteiger partial charge on any atom is -0.443 e. The minimum atomic E-state index is -4.56. The molecule has 1 atom stereocenters. The van der Waals surface area contributed by atoms with E-state index in [1.807, 2.05) is 0 Å². The number of pyridine rings is 1. The van der Waals surface area contributed by atoms with Crippen molar-refractivity contribution in [2.45, 2.75) is 38.0 Å². The highest BCUT2D eigenvalue weighted by molar-refractivity contribution is 7.14. The van der Waals surface area contributed by atoms with Crippen molar-refractivity contribution < 1.29 is 32.2 Å². The van der Waals surface area contributed by atoms with Gasteiger partial charge in [-0.1, -0.05) is 29.0 Å². The van der Waals surface area contributed by atoms with Crippen LogP contribution in [0.15, 0.2) is 18.3 Å². The number of ether oxygens (including phenoxy) is 2. The predicted octanol–water partition coefficient (Wildman–Crippen LogP) is 3.95. The van der Waals surface area contributed by atoms with E-state index in [4.69, 9.17) is 26.8 Å². The van der Waals surface area contributed by atoms with Gasteiger partial charge in [-0.25, -0.2) is 9.78 Å². The molecule has 2 rings (SSSR count). The highest BCUT2D eigenvalue weighted by atomic mass is 35.5. The zero-order valence-electron chi connectivity index (χ0n) is 14.6. The van der Waals surface area contributed by atoms with Crippen LogP contribution >= 0.6 is 22.9 Å². The number of alkyl halides is 3. The Labute approximate surface area is 166 Å². The van der Waals surface area contributed by atoms with Crippen LogP contribution < -0.4 is 10.5 Å². The number of thiazole rings is 1. The van der Waals surface area contributed by atoms with Crippen LogP contribution in [0.2, 0.25) is 5.15 Å². The Morgan fingerprint density at radius 2 is 2.07 bits per heavy atom. The molecule has 2 N–H and O–H groups in total. The van der Waals surface area contributed by atoms with Crippen LogP contribution in [0.1, 0.15) is 36.0 Å². The number of nitrogens with two attached hydrogens (primary N) is 1. The van der Waals surface area contributed by atoms with E-state index < -0.39 is 29.5 Å². The molecule has 0 bridgehead atoms. The molecule has 0 aliphatic rings. The van der Waals surface area contributed by atoms with Crippen LogP contribution in [0.3, 0.4) is 0 Å². The number of aromatic nitrogens is 2. The number of carbonyl (C=O) groups excluding carboxylic acids is 2. The summed E-state index contributed by atoms with van der Waals surface area (Å²) in [4.78, 5) is 29.4. The molecule has 7 nitrogen and oxygen atoms in total. The van der Waals surface area contributed by atoms with Gasteiger partial charge in [-0.2, -0.15) is 13.2 Å². The first-order chi connectivity index (χ1) is 12.9. The van der Waals surface area contributed by atoms with Crippen molar-refractivity contribution in [1.29, 1.82) is 0 Å². The first-order valence-corrected chi connectivity index (χ1v) is 8.90. The smallest absolute Gasteiger partial charge is 0.433 e. The average Bonchev–Trinajstić information content (AvgIpc) is 2.91. The molecule has 0 saturated heterocycles. The largest absolute Gasteiger partial charge is 0.443 e. The number of halogens is 4. The zero-order valence-corrected chi connectivity index (χ0v) is 16.2. The fourth-order valence-corrected chi connectivity index (χ4v) is 3.83. The summed E-state index contributed by atoms with van der Waals surface area (Å²) in [6.45, 7) is 3.31. The molecule has 0 saturated carbocycles. The number of amides is 1. The molecule has 0 aromatic carbocycles. The molecule has 152 valence electrons. The first kappa shape index (κ1) is 21.9. The highest BCUT2D eigenvalue weighted by Gasteiger charge is 2.38. The van der Waals surface area contributed by atoms with Gasteiger partial charge in [0.2, 0.25) is 5.06 Å². The normalized spacial score (nSPS) is 13.1. The third kappa shape index (κ3) is 5.32. The maximum atomic E-state index is 12.7. The summed E-state index contributed by atoms with van der Waals surface area (Å²) in [7, 11) is 0. The van der Waals surface area contributed by atoms with Crippen molar-refractivity contribution in [3.8, 4) is 5.06 Å². The number of rotatable bonds is 7. The van der Waals surface area contributed by atoms with E-state index in [1.54, 1.807) is 13.8 Å². The maximum Gasteiger partial charge on any atom is 0.433 e. The number of primary amides is 1. The van der Waals surface area contributed by atoms with Gasteiger partial charge >= 0.3 is 12.3 Å². The van der Waals surface area contributed by atoms with Crippen LogP contribution in [0.5, 0.6) is 5.06 Å². The second kappa shape index (κ2) is 8.31. The molecular formula is C16H15ClF3N3O4S. The lowest BCUT2D eigenvalue weighted by Crippen LogP contribution is -2.38. The van der Waals surface area contributed by atoms with Crippen LogP contribution in [0, 0.1) is 0 Å². The monoisotopic (exact) mass is 437 g/mol. The van der Waals surface area contributed by atoms with E-state index in [-0.39, 0.29) is 23.1 Å². The lowest BCUT2D eigenvalue weighted by Gasteiger charge is -2.32. The van der Waals surface area contributed by atoms with Gasteiger partial charge in [0.25, 0.3) is 6.47 Å². The van der Waals surface area contributed by atoms with Gasteiger partial charge in [-0.05, 0) is 31.9 Å². The van der Waals surface area contributed by atoms with Crippen LogP contribution in [0.25, 0.3) is 0 Å². The highest BCUT2D eigenvalue weighted by Crippen LogP contribution is 2.41. The summed E-state index contributed by atoms with van der Waals surface area (Å²) in [6, 6.07) is 2.12. The topological polar surface area (TPSA) is 104 Å². The third-order valence-corrected chi connectivity index (χ3v) is 5.21. The quantitative estimate of drug-likeness (QED) is 0.658. The van der Waals surface area contributed by atoms with Crippen LogP contribution in [-0.2, 0) is 22.1 Å². The summed E-state index contributed by atoms with van der Waals surface area (Å²) in [5.74, 6) is -0.662. The van der Waals surface area contributed by atoms with Gasteiger partial charge < -0.3 is 15.2 Å². The van der Waals surface area contributed by atoms with Gasteiger partial charge in [-0.15, -0.1) is 0 Å². The standard InChI is InChI=1S/C16H15ClF3N3O4S/c1-15(2,27-14(21)25)9(12-23-11(17)13(28-12)26-7-24)5-8-3-4-10(22-6-8)16(18,19)20/h3-4,6-7,9H,5H2,1-2H3,(H2,21,25). The van der Waals surface area contributed by atoms with E-state index in [1.165, 1.54) is 6.07 Å². The lowest BCUT2D eigenvalue weighted by atomic mass is 9.86. The van der Waals surface area contributed by atoms with Crippen molar-refractivity contribution in [1.82, 2.24) is 9.97 Å². The Morgan fingerprint density at radius 1 is 1.39 bits per heavy atom. The first-order valence-electron chi connectivity index (χ1n) is 7.71. The SMILES string of the molecule is CC(C)(OC(N)=O)C(Cc1ccc(C(F)(F)F)nc1)c1nc(Cl)c(OC=O)s1. The molecule has 2 heterocycles. The fraction of sp³-hybridized carbons (Fsp3) is 0.375. The fourth-order valence-electron chi connectivity index (χ4n) is 2.48. The van der Waals surface area contributed by atoms with E-state index in [2.05, 4.69) is 9.97 Å². The molecule has 2 aromatic heterocycles. The average molecular weight is 438 g/mol. The number of hydrogen-bond acceptors (Lipinski definition) is 7. The number of hydrogen-bond donors (Lipinski definition) is 1. The molecule has 0 fully saturated rings. The molecule has 28 heavy (non-hydrogen) atoms. The van der Waals surface area contributed by atoms with Gasteiger partial charge in [0.05, 0.1) is 5.92 Å². The second-order valence-electron chi connectivity index (χ2n) is 6.18. The van der Waals surface area contributed by atoms with Crippen molar-refractivity contribution >= 4 is 35.5 Å². The van der Waals surface area contributed by atoms with Gasteiger partial charge in [-0.3, -0.25) is 9.78 Å². The molecule has 12 heteroatoms. The van der Waals surface area contributed by atoms with Crippen molar-refractivity contribution in [2.75, 3.05) is 0 Å². The molecule has 1 amide bonds. The van der Waals surface area contributed by atoms with Gasteiger partial charge in [0.1, 0.15) is 16.3 Å². The summed E-state index contributed by atoms with van der Waals surface area (Å²) < 4.78 is 48.0. The second-order valence-corrected chi connectivity index (χ2v) is 7.53.